The predicted octanol–water partition coefficient (Wildman–Crippen LogP) is 3.51. The highest BCUT2D eigenvalue weighted by molar-refractivity contribution is 6.36. The van der Waals surface area contributed by atoms with Crippen molar-refractivity contribution in [2.24, 2.45) is 0 Å². The van der Waals surface area contributed by atoms with Crippen LogP contribution in [0.2, 0.25) is 0 Å². The van der Waals surface area contributed by atoms with Crippen molar-refractivity contribution in [3.63, 3.8) is 0 Å². The lowest BCUT2D eigenvalue weighted by molar-refractivity contribution is 0.253. The van der Waals surface area contributed by atoms with E-state index in [4.69, 9.17) is 5.02 Å². The van der Waals surface area contributed by atoms with Crippen molar-refractivity contribution in [2.75, 3.05) is 0 Å². The Bertz CT molecular complexity index is 761. The first kappa shape index (κ1) is 19.7. The van der Waals surface area contributed by atoms with Gasteiger partial charge in [0.25, 0.3) is 0 Å². The highest BCUT2D eigenvalue weighted by Crippen LogP contribution is 2.32. The SMILES string of the molecule is OB(Oc1c(F)c(F)c(F)c(F)c1F)Oc1c(F)c(F)c(F)c(F)c1F. The van der Waals surface area contributed by atoms with Gasteiger partial charge in [0.05, 0.1) is 0 Å². The van der Waals surface area contributed by atoms with E-state index in [0.29, 0.717) is 0 Å². The summed E-state index contributed by atoms with van der Waals surface area (Å²) < 4.78 is 138. The molecule has 1 N–H and O–H groups in total. The van der Waals surface area contributed by atoms with Gasteiger partial charge in [0.15, 0.2) is 11.5 Å². The summed E-state index contributed by atoms with van der Waals surface area (Å²) in [5.74, 6) is -29.8. The number of benzene rings is 2. The van der Waals surface area contributed by atoms with Gasteiger partial charge in [-0.3, -0.25) is 0 Å². The fourth-order valence-electron chi connectivity index (χ4n) is 1.60. The van der Waals surface area contributed by atoms with Gasteiger partial charge in [0, 0.05) is 0 Å². The van der Waals surface area contributed by atoms with Crippen LogP contribution in [0.5, 0.6) is 11.5 Å². The van der Waals surface area contributed by atoms with Crippen molar-refractivity contribution < 1.29 is 58.2 Å². The fraction of sp³-hybridized carbons (Fsp3) is 0. The van der Waals surface area contributed by atoms with Crippen LogP contribution in [0.4, 0.5) is 43.9 Å². The van der Waals surface area contributed by atoms with E-state index in [2.05, 4.69) is 9.31 Å². The summed E-state index contributed by atoms with van der Waals surface area (Å²) in [5, 5.41) is 9.17. The van der Waals surface area contributed by atoms with Crippen molar-refractivity contribution in [3.05, 3.63) is 58.2 Å². The Labute approximate surface area is 136 Å². The first-order valence-electron chi connectivity index (χ1n) is 6.03. The topological polar surface area (TPSA) is 38.7 Å². The molecule has 0 saturated heterocycles. The summed E-state index contributed by atoms with van der Waals surface area (Å²) in [6.07, 6.45) is 0. The van der Waals surface area contributed by atoms with Crippen LogP contribution in [0, 0.1) is 58.2 Å². The second kappa shape index (κ2) is 6.94. The van der Waals surface area contributed by atoms with Gasteiger partial charge in [-0.15, -0.1) is 0 Å². The van der Waals surface area contributed by atoms with Crippen LogP contribution >= 0.6 is 0 Å². The molecule has 0 aromatic heterocycles. The number of halogens is 10. The summed E-state index contributed by atoms with van der Waals surface area (Å²) in [6.45, 7) is 0. The zero-order valence-corrected chi connectivity index (χ0v) is 11.6. The number of rotatable bonds is 4. The van der Waals surface area contributed by atoms with E-state index in [0.717, 1.165) is 0 Å². The summed E-state index contributed by atoms with van der Waals surface area (Å²) in [6, 6.07) is 0. The zero-order chi connectivity index (χ0) is 19.9. The van der Waals surface area contributed by atoms with Gasteiger partial charge in [-0.25, -0.2) is 26.3 Å². The normalized spacial score (nSPS) is 10.9. The van der Waals surface area contributed by atoms with E-state index in [-0.39, 0.29) is 0 Å². The largest absolute Gasteiger partial charge is 0.785 e. The standard InChI is InChI=1S/C12HBF10O3/c14-1-3(16)7(20)11(8(21)4(1)17)25-13(24)26-12-9(22)5(18)2(15)6(19)10(12)23/h24H. The molecule has 140 valence electrons. The van der Waals surface area contributed by atoms with Gasteiger partial charge < -0.3 is 14.3 Å². The molecular weight excluding hydrogens is 393 g/mol. The van der Waals surface area contributed by atoms with Gasteiger partial charge in [-0.1, -0.05) is 0 Å². The molecule has 0 heterocycles. The molecule has 2 aromatic carbocycles. The monoisotopic (exact) mass is 394 g/mol. The van der Waals surface area contributed by atoms with Gasteiger partial charge in [0.2, 0.25) is 58.2 Å². The average Bonchev–Trinajstić information content (AvgIpc) is 2.62. The maximum Gasteiger partial charge on any atom is 0.785 e. The van der Waals surface area contributed by atoms with Crippen LogP contribution in [0.15, 0.2) is 0 Å². The molecule has 26 heavy (non-hydrogen) atoms. The molecule has 0 aliphatic carbocycles. The lowest BCUT2D eigenvalue weighted by Crippen LogP contribution is -2.32. The maximum atomic E-state index is 13.3. The number of hydrogen-bond acceptors (Lipinski definition) is 3. The molecule has 0 fully saturated rings. The minimum Gasteiger partial charge on any atom is -0.496 e. The maximum absolute atomic E-state index is 13.3. The Hall–Kier alpha value is -2.64. The zero-order valence-electron chi connectivity index (χ0n) is 11.6. The van der Waals surface area contributed by atoms with E-state index in [1.54, 1.807) is 0 Å². The molecular formula is C12HBF10O3. The molecule has 14 heteroatoms. The van der Waals surface area contributed by atoms with E-state index in [1.807, 2.05) is 0 Å². The van der Waals surface area contributed by atoms with E-state index in [1.165, 1.54) is 0 Å². The first-order valence-corrected chi connectivity index (χ1v) is 6.03. The lowest BCUT2D eigenvalue weighted by atomic mass is 10.2. The average molecular weight is 394 g/mol. The molecule has 0 unspecified atom stereocenters. The Kier molecular flexibility index (Phi) is 5.25. The summed E-state index contributed by atoms with van der Waals surface area (Å²) >= 11 is 0. The van der Waals surface area contributed by atoms with Crippen LogP contribution in [0.1, 0.15) is 0 Å². The minimum absolute atomic E-state index is 2.13. The van der Waals surface area contributed by atoms with Crippen molar-refractivity contribution in [3.8, 4) is 11.5 Å². The molecule has 0 bridgehead atoms. The predicted molar refractivity (Wildman–Crippen MR) is 61.7 cm³/mol. The Morgan fingerprint density at radius 1 is 0.423 bits per heavy atom. The molecule has 0 radical (unpaired) electrons. The molecule has 3 nitrogen and oxygen atoms in total. The van der Waals surface area contributed by atoms with Crippen LogP contribution in [-0.2, 0) is 0 Å². The Balaban J connectivity index is 2.39. The molecule has 0 aliphatic rings. The number of hydrogen-bond donors (Lipinski definition) is 1. The third kappa shape index (κ3) is 3.11. The second-order valence-corrected chi connectivity index (χ2v) is 4.34. The summed E-state index contributed by atoms with van der Waals surface area (Å²) in [4.78, 5) is 0. The third-order valence-corrected chi connectivity index (χ3v) is 2.78. The molecule has 0 amide bonds. The molecule has 0 atom stereocenters. The van der Waals surface area contributed by atoms with Gasteiger partial charge in [-0.2, -0.15) is 17.6 Å². The second-order valence-electron chi connectivity index (χ2n) is 4.34. The Morgan fingerprint density at radius 3 is 0.846 bits per heavy atom. The van der Waals surface area contributed by atoms with Crippen molar-refractivity contribution in [1.29, 1.82) is 0 Å². The molecule has 0 aliphatic heterocycles. The van der Waals surface area contributed by atoms with Gasteiger partial charge in [-0.05, 0) is 0 Å². The fourth-order valence-corrected chi connectivity index (χ4v) is 1.60. The van der Waals surface area contributed by atoms with Crippen molar-refractivity contribution >= 4 is 7.32 Å². The summed E-state index contributed by atoms with van der Waals surface area (Å²) in [5.41, 5.74) is 0. The molecule has 0 saturated carbocycles. The molecule has 2 rings (SSSR count). The van der Waals surface area contributed by atoms with E-state index in [9.17, 15) is 43.9 Å². The highest BCUT2D eigenvalue weighted by atomic mass is 19.2. The molecule has 2 aromatic rings. The quantitative estimate of drug-likeness (QED) is 0.374. The van der Waals surface area contributed by atoms with Gasteiger partial charge >= 0.3 is 7.32 Å². The smallest absolute Gasteiger partial charge is 0.496 e. The first-order chi connectivity index (χ1) is 12.0. The van der Waals surface area contributed by atoms with Crippen LogP contribution in [0.3, 0.4) is 0 Å². The summed E-state index contributed by atoms with van der Waals surface area (Å²) in [7, 11) is -3.23. The molecule has 0 spiro atoms. The third-order valence-electron chi connectivity index (χ3n) is 2.78. The van der Waals surface area contributed by atoms with Crippen molar-refractivity contribution in [1.82, 2.24) is 0 Å². The highest BCUT2D eigenvalue weighted by Gasteiger charge is 2.35. The van der Waals surface area contributed by atoms with E-state index >= 15 is 0 Å². The minimum atomic E-state index is -3.23. The lowest BCUT2D eigenvalue weighted by Gasteiger charge is -2.14. The van der Waals surface area contributed by atoms with Crippen LogP contribution < -0.4 is 9.31 Å². The van der Waals surface area contributed by atoms with Gasteiger partial charge in [0.1, 0.15) is 0 Å². The Morgan fingerprint density at radius 2 is 0.615 bits per heavy atom. The van der Waals surface area contributed by atoms with E-state index < -0.39 is 77.0 Å². The van der Waals surface area contributed by atoms with Crippen LogP contribution in [0.25, 0.3) is 0 Å². The van der Waals surface area contributed by atoms with Crippen LogP contribution in [-0.4, -0.2) is 12.3 Å². The van der Waals surface area contributed by atoms with Crippen molar-refractivity contribution in [2.45, 2.75) is 0 Å².